The number of unbranched alkanes of at least 4 members (excludes halogenated alkanes) is 1. The van der Waals surface area contributed by atoms with Gasteiger partial charge in [0.2, 0.25) is 10.0 Å². The molecule has 3 rings (SSSR count). The van der Waals surface area contributed by atoms with E-state index in [2.05, 4.69) is 5.32 Å². The van der Waals surface area contributed by atoms with Crippen molar-refractivity contribution in [1.82, 2.24) is 14.5 Å². The summed E-state index contributed by atoms with van der Waals surface area (Å²) in [5.74, 6) is -0.272. The van der Waals surface area contributed by atoms with Crippen LogP contribution in [0.15, 0.2) is 83.8 Å². The number of carbonyl (C=O) groups is 1. The van der Waals surface area contributed by atoms with Crippen molar-refractivity contribution >= 4 is 21.7 Å². The van der Waals surface area contributed by atoms with Gasteiger partial charge in [0.15, 0.2) is 0 Å². The largest absolute Gasteiger partial charge is 0.399 e. The number of halogens is 1. The van der Waals surface area contributed by atoms with Gasteiger partial charge in [0.25, 0.3) is 0 Å². The molecule has 0 aliphatic rings. The second kappa shape index (κ2) is 15.5. The Hall–Kier alpha value is -3.47. The summed E-state index contributed by atoms with van der Waals surface area (Å²) in [5.41, 5.74) is 8.00. The Morgan fingerprint density at radius 1 is 0.927 bits per heavy atom. The van der Waals surface area contributed by atoms with Crippen molar-refractivity contribution in [2.24, 2.45) is 5.92 Å². The third-order valence-electron chi connectivity index (χ3n) is 6.68. The lowest BCUT2D eigenvalue weighted by atomic mass is 10.1. The molecule has 0 aliphatic carbocycles. The fourth-order valence-corrected chi connectivity index (χ4v) is 6.34. The highest BCUT2D eigenvalue weighted by atomic mass is 32.2. The molecule has 0 heterocycles. The molecule has 8 nitrogen and oxygen atoms in total. The van der Waals surface area contributed by atoms with Gasteiger partial charge in [-0.2, -0.15) is 4.31 Å². The molecule has 0 fully saturated rings. The van der Waals surface area contributed by atoms with E-state index < -0.39 is 16.1 Å². The summed E-state index contributed by atoms with van der Waals surface area (Å²) >= 11 is 0. The zero-order valence-electron chi connectivity index (χ0n) is 23.7. The van der Waals surface area contributed by atoms with Gasteiger partial charge in [0.1, 0.15) is 5.82 Å². The molecule has 2 amide bonds. The molecule has 0 unspecified atom stereocenters. The average molecular weight is 585 g/mol. The Morgan fingerprint density at radius 2 is 1.54 bits per heavy atom. The Morgan fingerprint density at radius 3 is 2.12 bits per heavy atom. The Labute approximate surface area is 243 Å². The normalized spacial score (nSPS) is 12.4. The summed E-state index contributed by atoms with van der Waals surface area (Å²) in [7, 11) is -3.84. The fourth-order valence-electron chi connectivity index (χ4n) is 4.53. The van der Waals surface area contributed by atoms with Crippen LogP contribution in [0, 0.1) is 11.7 Å². The first-order chi connectivity index (χ1) is 19.6. The van der Waals surface area contributed by atoms with Crippen molar-refractivity contribution in [1.29, 1.82) is 0 Å². The van der Waals surface area contributed by atoms with Crippen LogP contribution in [-0.2, 0) is 23.1 Å². The van der Waals surface area contributed by atoms with E-state index in [0.29, 0.717) is 44.6 Å². The number of anilines is 1. The van der Waals surface area contributed by atoms with Gasteiger partial charge in [-0.3, -0.25) is 0 Å². The Balaban J connectivity index is 1.59. The Kier molecular flexibility index (Phi) is 12.1. The van der Waals surface area contributed by atoms with Crippen LogP contribution >= 0.6 is 0 Å². The lowest BCUT2D eigenvalue weighted by Gasteiger charge is -2.31. The fraction of sp³-hybridized carbons (Fsp3) is 0.387. The molecule has 4 N–H and O–H groups in total. The lowest BCUT2D eigenvalue weighted by molar-refractivity contribution is 0.167. The van der Waals surface area contributed by atoms with Crippen molar-refractivity contribution < 1.29 is 22.7 Å². The van der Waals surface area contributed by atoms with Gasteiger partial charge in [-0.25, -0.2) is 17.6 Å². The van der Waals surface area contributed by atoms with Gasteiger partial charge in [0.05, 0.1) is 11.5 Å². The molecule has 0 radical (unpaired) electrons. The number of aliphatic hydroxyl groups excluding tert-OH is 1. The zero-order valence-corrected chi connectivity index (χ0v) is 24.6. The molecule has 10 heteroatoms. The molecular weight excluding hydrogens is 543 g/mol. The number of nitrogen functional groups attached to an aromatic ring is 1. The highest BCUT2D eigenvalue weighted by Gasteiger charge is 2.31. The van der Waals surface area contributed by atoms with Gasteiger partial charge in [-0.15, -0.1) is 0 Å². The molecule has 0 saturated heterocycles. The van der Waals surface area contributed by atoms with Crippen LogP contribution in [-0.4, -0.2) is 54.5 Å². The standard InChI is InChI=1S/C31H41FN4O4S/c1-24(2)20-36(41(39,40)30-17-15-28(33)16-18-30)29(23-37)10-6-7-19-34-31(38)35(21-25-8-4-3-5-9-25)22-26-11-13-27(32)14-12-26/h3-5,8-9,11-18,24,29,37H,6-7,10,19-23,33H2,1-2H3,(H,34,38)/t29-/m0/s1. The maximum atomic E-state index is 13.4. The van der Waals surface area contributed by atoms with E-state index in [4.69, 9.17) is 5.73 Å². The van der Waals surface area contributed by atoms with Crippen LogP contribution in [0.5, 0.6) is 0 Å². The molecule has 41 heavy (non-hydrogen) atoms. The number of nitrogens with one attached hydrogen (secondary N) is 1. The number of nitrogens with zero attached hydrogens (tertiary/aromatic N) is 2. The predicted octanol–water partition coefficient (Wildman–Crippen LogP) is 5.00. The summed E-state index contributed by atoms with van der Waals surface area (Å²) in [4.78, 5) is 14.9. The quantitative estimate of drug-likeness (QED) is 0.172. The first kappa shape index (κ1) is 32.0. The summed E-state index contributed by atoms with van der Waals surface area (Å²) in [6, 6.07) is 20.9. The highest BCUT2D eigenvalue weighted by Crippen LogP contribution is 2.23. The third-order valence-corrected chi connectivity index (χ3v) is 8.61. The van der Waals surface area contributed by atoms with E-state index in [0.717, 1.165) is 11.1 Å². The van der Waals surface area contributed by atoms with Gasteiger partial charge < -0.3 is 21.1 Å². The minimum Gasteiger partial charge on any atom is -0.399 e. The van der Waals surface area contributed by atoms with E-state index in [-0.39, 0.29) is 35.8 Å². The number of nitrogens with two attached hydrogens (primary N) is 1. The number of sulfonamides is 1. The number of carbonyl (C=O) groups excluding carboxylic acids is 1. The number of amides is 2. The molecular formula is C31H41FN4O4S. The topological polar surface area (TPSA) is 116 Å². The lowest BCUT2D eigenvalue weighted by Crippen LogP contribution is -2.44. The SMILES string of the molecule is CC(C)CN([C@H](CO)CCCCNC(=O)N(Cc1ccccc1)Cc1ccc(F)cc1)S(=O)(=O)c1ccc(N)cc1. The van der Waals surface area contributed by atoms with Crippen molar-refractivity contribution in [3.05, 3.63) is 95.8 Å². The minimum atomic E-state index is -3.84. The van der Waals surface area contributed by atoms with Crippen LogP contribution in [0.2, 0.25) is 0 Å². The predicted molar refractivity (Wildman–Crippen MR) is 160 cm³/mol. The van der Waals surface area contributed by atoms with E-state index >= 15 is 0 Å². The molecule has 0 aromatic heterocycles. The van der Waals surface area contributed by atoms with Crippen LogP contribution in [0.25, 0.3) is 0 Å². The van der Waals surface area contributed by atoms with Crippen molar-refractivity contribution in [2.75, 3.05) is 25.4 Å². The molecule has 3 aromatic carbocycles. The molecule has 1 atom stereocenters. The van der Waals surface area contributed by atoms with E-state index in [1.165, 1.54) is 28.6 Å². The molecule has 0 aliphatic heterocycles. The van der Waals surface area contributed by atoms with Gasteiger partial charge in [0, 0.05) is 37.9 Å². The molecule has 0 saturated carbocycles. The monoisotopic (exact) mass is 584 g/mol. The molecule has 222 valence electrons. The second-order valence-electron chi connectivity index (χ2n) is 10.6. The molecule has 0 spiro atoms. The number of aliphatic hydroxyl groups is 1. The van der Waals surface area contributed by atoms with Crippen LogP contribution in [0.4, 0.5) is 14.9 Å². The van der Waals surface area contributed by atoms with Gasteiger partial charge >= 0.3 is 6.03 Å². The van der Waals surface area contributed by atoms with Crippen molar-refractivity contribution in [3.63, 3.8) is 0 Å². The Bertz CT molecular complexity index is 1320. The number of urea groups is 1. The van der Waals surface area contributed by atoms with E-state index in [1.54, 1.807) is 29.2 Å². The number of hydrogen-bond donors (Lipinski definition) is 3. The van der Waals surface area contributed by atoms with Gasteiger partial charge in [-0.05, 0) is 66.3 Å². The van der Waals surface area contributed by atoms with Crippen LogP contribution in [0.3, 0.4) is 0 Å². The van der Waals surface area contributed by atoms with Crippen LogP contribution in [0.1, 0.15) is 44.2 Å². The first-order valence-electron chi connectivity index (χ1n) is 13.9. The summed E-state index contributed by atoms with van der Waals surface area (Å²) < 4.78 is 41.6. The van der Waals surface area contributed by atoms with Crippen molar-refractivity contribution in [3.8, 4) is 0 Å². The smallest absolute Gasteiger partial charge is 0.318 e. The zero-order chi connectivity index (χ0) is 29.8. The average Bonchev–Trinajstić information content (AvgIpc) is 2.95. The van der Waals surface area contributed by atoms with E-state index in [9.17, 15) is 22.7 Å². The maximum absolute atomic E-state index is 13.4. The molecule has 0 bridgehead atoms. The highest BCUT2D eigenvalue weighted by molar-refractivity contribution is 7.89. The van der Waals surface area contributed by atoms with Crippen LogP contribution < -0.4 is 11.1 Å². The third kappa shape index (κ3) is 9.84. The number of rotatable bonds is 15. The number of benzene rings is 3. The van der Waals surface area contributed by atoms with Crippen molar-refractivity contribution in [2.45, 2.75) is 57.1 Å². The first-order valence-corrected chi connectivity index (χ1v) is 15.3. The summed E-state index contributed by atoms with van der Waals surface area (Å²) in [6.45, 7) is 4.93. The van der Waals surface area contributed by atoms with Gasteiger partial charge in [-0.1, -0.05) is 62.7 Å². The number of hydrogen-bond acceptors (Lipinski definition) is 5. The molecule has 3 aromatic rings. The minimum absolute atomic E-state index is 0.0589. The second-order valence-corrected chi connectivity index (χ2v) is 12.5. The van der Waals surface area contributed by atoms with E-state index in [1.807, 2.05) is 44.2 Å². The maximum Gasteiger partial charge on any atom is 0.318 e. The summed E-state index contributed by atoms with van der Waals surface area (Å²) in [5, 5.41) is 13.1. The summed E-state index contributed by atoms with van der Waals surface area (Å²) in [6.07, 6.45) is 1.65.